The van der Waals surface area contributed by atoms with E-state index in [1.165, 1.54) is 6.26 Å². The normalized spacial score (nSPS) is 19.1. The van der Waals surface area contributed by atoms with Gasteiger partial charge in [-0.3, -0.25) is 4.79 Å². The lowest BCUT2D eigenvalue weighted by Crippen LogP contribution is -2.42. The molecule has 3 rings (SSSR count). The standard InChI is InChI=1S/C15H14BrNO3/c16-12-4-1-3-11(9-12)14-10-17(6-8-20-14)15(18)13-5-2-7-19-13/h1-5,7,9,14H,6,8,10H2. The number of carbonyl (C=O) groups excluding carboxylic acids is 1. The monoisotopic (exact) mass is 335 g/mol. The first kappa shape index (κ1) is 13.4. The molecule has 0 bridgehead atoms. The van der Waals surface area contributed by atoms with Gasteiger partial charge in [0.2, 0.25) is 0 Å². The van der Waals surface area contributed by atoms with Crippen LogP contribution in [-0.2, 0) is 4.74 Å². The molecule has 20 heavy (non-hydrogen) atoms. The Bertz CT molecular complexity index is 597. The number of rotatable bonds is 2. The topological polar surface area (TPSA) is 42.7 Å². The van der Waals surface area contributed by atoms with E-state index in [2.05, 4.69) is 15.9 Å². The first-order valence-electron chi connectivity index (χ1n) is 6.44. The van der Waals surface area contributed by atoms with Crippen LogP contribution in [0.15, 0.2) is 51.6 Å². The molecule has 1 aliphatic heterocycles. The first-order chi connectivity index (χ1) is 9.74. The number of morpholine rings is 1. The van der Waals surface area contributed by atoms with E-state index < -0.39 is 0 Å². The van der Waals surface area contributed by atoms with Crippen molar-refractivity contribution in [1.29, 1.82) is 0 Å². The maximum atomic E-state index is 12.3. The van der Waals surface area contributed by atoms with E-state index in [0.29, 0.717) is 25.5 Å². The van der Waals surface area contributed by atoms with Gasteiger partial charge in [-0.25, -0.2) is 0 Å². The Morgan fingerprint density at radius 1 is 1.30 bits per heavy atom. The van der Waals surface area contributed by atoms with Gasteiger partial charge in [-0.2, -0.15) is 0 Å². The minimum absolute atomic E-state index is 0.0849. The summed E-state index contributed by atoms with van der Waals surface area (Å²) in [6.45, 7) is 1.66. The van der Waals surface area contributed by atoms with E-state index in [9.17, 15) is 4.79 Å². The fourth-order valence-corrected chi connectivity index (χ4v) is 2.72. The van der Waals surface area contributed by atoms with Crippen molar-refractivity contribution in [3.05, 3.63) is 58.5 Å². The minimum Gasteiger partial charge on any atom is -0.459 e. The van der Waals surface area contributed by atoms with E-state index in [1.54, 1.807) is 17.0 Å². The van der Waals surface area contributed by atoms with Crippen molar-refractivity contribution in [2.24, 2.45) is 0 Å². The zero-order valence-electron chi connectivity index (χ0n) is 10.8. The van der Waals surface area contributed by atoms with Crippen molar-refractivity contribution in [2.75, 3.05) is 19.7 Å². The van der Waals surface area contributed by atoms with Gasteiger partial charge in [0.05, 0.1) is 19.4 Å². The van der Waals surface area contributed by atoms with Crippen molar-refractivity contribution in [3.8, 4) is 0 Å². The third-order valence-corrected chi connectivity index (χ3v) is 3.80. The first-order valence-corrected chi connectivity index (χ1v) is 7.23. The zero-order valence-corrected chi connectivity index (χ0v) is 12.4. The molecule has 1 amide bonds. The van der Waals surface area contributed by atoms with Crippen LogP contribution < -0.4 is 0 Å². The average Bonchev–Trinajstić information content (AvgIpc) is 3.01. The average molecular weight is 336 g/mol. The lowest BCUT2D eigenvalue weighted by molar-refractivity contribution is -0.0237. The Kier molecular flexibility index (Phi) is 3.89. The number of halogens is 1. The van der Waals surface area contributed by atoms with Crippen LogP contribution in [0.1, 0.15) is 22.2 Å². The fourth-order valence-electron chi connectivity index (χ4n) is 2.30. The number of amides is 1. The Labute approximate surface area is 125 Å². The predicted octanol–water partition coefficient (Wildman–Crippen LogP) is 3.26. The van der Waals surface area contributed by atoms with Crippen molar-refractivity contribution in [2.45, 2.75) is 6.10 Å². The summed E-state index contributed by atoms with van der Waals surface area (Å²) in [6.07, 6.45) is 1.42. The summed E-state index contributed by atoms with van der Waals surface area (Å²) in [7, 11) is 0. The number of carbonyl (C=O) groups is 1. The van der Waals surface area contributed by atoms with Crippen LogP contribution in [0.3, 0.4) is 0 Å². The van der Waals surface area contributed by atoms with Crippen LogP contribution in [-0.4, -0.2) is 30.5 Å². The second-order valence-electron chi connectivity index (χ2n) is 4.64. The summed E-state index contributed by atoms with van der Waals surface area (Å²) in [4.78, 5) is 14.0. The summed E-state index contributed by atoms with van der Waals surface area (Å²) in [6, 6.07) is 11.4. The maximum Gasteiger partial charge on any atom is 0.289 e. The van der Waals surface area contributed by atoms with Crippen LogP contribution in [0.2, 0.25) is 0 Å². The Morgan fingerprint density at radius 3 is 2.95 bits per heavy atom. The van der Waals surface area contributed by atoms with E-state index in [4.69, 9.17) is 9.15 Å². The molecule has 0 spiro atoms. The van der Waals surface area contributed by atoms with Crippen LogP contribution in [0.25, 0.3) is 0 Å². The van der Waals surface area contributed by atoms with Crippen LogP contribution in [0, 0.1) is 0 Å². The van der Waals surface area contributed by atoms with E-state index >= 15 is 0 Å². The third-order valence-electron chi connectivity index (χ3n) is 3.31. The Balaban J connectivity index is 1.75. The molecule has 2 heterocycles. The summed E-state index contributed by atoms with van der Waals surface area (Å²) >= 11 is 3.45. The Hall–Kier alpha value is -1.59. The molecule has 1 aromatic carbocycles. The summed E-state index contributed by atoms with van der Waals surface area (Å²) < 4.78 is 11.9. The van der Waals surface area contributed by atoms with Gasteiger partial charge in [-0.1, -0.05) is 28.1 Å². The molecule has 104 valence electrons. The highest BCUT2D eigenvalue weighted by Crippen LogP contribution is 2.25. The number of hydrogen-bond acceptors (Lipinski definition) is 3. The molecule has 5 heteroatoms. The highest BCUT2D eigenvalue weighted by Gasteiger charge is 2.27. The van der Waals surface area contributed by atoms with Crippen molar-refractivity contribution in [1.82, 2.24) is 4.90 Å². The highest BCUT2D eigenvalue weighted by molar-refractivity contribution is 9.10. The smallest absolute Gasteiger partial charge is 0.289 e. The molecule has 0 aliphatic carbocycles. The van der Waals surface area contributed by atoms with Crippen molar-refractivity contribution >= 4 is 21.8 Å². The van der Waals surface area contributed by atoms with Gasteiger partial charge in [0.25, 0.3) is 5.91 Å². The van der Waals surface area contributed by atoms with Crippen molar-refractivity contribution < 1.29 is 13.9 Å². The van der Waals surface area contributed by atoms with E-state index in [-0.39, 0.29) is 12.0 Å². The summed E-state index contributed by atoms with van der Waals surface area (Å²) in [5, 5.41) is 0. The van der Waals surface area contributed by atoms with Crippen LogP contribution in [0.5, 0.6) is 0 Å². The third kappa shape index (κ3) is 2.78. The number of hydrogen-bond donors (Lipinski definition) is 0. The van der Waals surface area contributed by atoms with Crippen molar-refractivity contribution in [3.63, 3.8) is 0 Å². The molecular formula is C15H14BrNO3. The quantitative estimate of drug-likeness (QED) is 0.845. The molecule has 1 saturated heterocycles. The lowest BCUT2D eigenvalue weighted by Gasteiger charge is -2.32. The maximum absolute atomic E-state index is 12.3. The molecule has 2 aromatic rings. The second kappa shape index (κ2) is 5.81. The zero-order chi connectivity index (χ0) is 13.9. The van der Waals surface area contributed by atoms with E-state index in [1.807, 2.05) is 24.3 Å². The molecule has 4 nitrogen and oxygen atoms in total. The number of furan rings is 1. The largest absolute Gasteiger partial charge is 0.459 e. The SMILES string of the molecule is O=C(c1ccco1)N1CCOC(c2cccc(Br)c2)C1. The molecule has 0 radical (unpaired) electrons. The van der Waals surface area contributed by atoms with Crippen LogP contribution in [0.4, 0.5) is 0 Å². The van der Waals surface area contributed by atoms with Gasteiger partial charge in [0.1, 0.15) is 6.10 Å². The van der Waals surface area contributed by atoms with Gasteiger partial charge in [-0.05, 0) is 29.8 Å². The number of benzene rings is 1. The molecule has 1 fully saturated rings. The number of ether oxygens (including phenoxy) is 1. The molecule has 0 N–H and O–H groups in total. The van der Waals surface area contributed by atoms with E-state index in [0.717, 1.165) is 10.0 Å². The van der Waals surface area contributed by atoms with Gasteiger partial charge >= 0.3 is 0 Å². The van der Waals surface area contributed by atoms with Crippen LogP contribution >= 0.6 is 15.9 Å². The predicted molar refractivity (Wildman–Crippen MR) is 77.4 cm³/mol. The molecule has 0 saturated carbocycles. The molecule has 1 aliphatic rings. The highest BCUT2D eigenvalue weighted by atomic mass is 79.9. The molecular weight excluding hydrogens is 322 g/mol. The fraction of sp³-hybridized carbons (Fsp3) is 0.267. The Morgan fingerprint density at radius 2 is 2.20 bits per heavy atom. The molecule has 1 aromatic heterocycles. The second-order valence-corrected chi connectivity index (χ2v) is 5.56. The van der Waals surface area contributed by atoms with Gasteiger partial charge < -0.3 is 14.1 Å². The molecule has 1 atom stereocenters. The summed E-state index contributed by atoms with van der Waals surface area (Å²) in [5.74, 6) is 0.290. The number of nitrogens with zero attached hydrogens (tertiary/aromatic N) is 1. The molecule has 1 unspecified atom stereocenters. The van der Waals surface area contributed by atoms with Gasteiger partial charge in [0.15, 0.2) is 5.76 Å². The van der Waals surface area contributed by atoms with Gasteiger partial charge in [0, 0.05) is 11.0 Å². The minimum atomic E-state index is -0.0971. The lowest BCUT2D eigenvalue weighted by atomic mass is 10.1. The van der Waals surface area contributed by atoms with Gasteiger partial charge in [-0.15, -0.1) is 0 Å². The summed E-state index contributed by atoms with van der Waals surface area (Å²) in [5.41, 5.74) is 1.07.